The Balaban J connectivity index is 1.74. The van der Waals surface area contributed by atoms with Gasteiger partial charge in [-0.05, 0) is 68.1 Å². The fourth-order valence-electron chi connectivity index (χ4n) is 4.48. The predicted molar refractivity (Wildman–Crippen MR) is 131 cm³/mol. The average Bonchev–Trinajstić information content (AvgIpc) is 3.64. The number of benzene rings is 2. The van der Waals surface area contributed by atoms with Gasteiger partial charge < -0.3 is 14.7 Å². The molecule has 0 aromatic heterocycles. The Morgan fingerprint density at radius 2 is 1.85 bits per heavy atom. The molecule has 2 aliphatic rings. The van der Waals surface area contributed by atoms with E-state index in [2.05, 4.69) is 18.0 Å². The summed E-state index contributed by atoms with van der Waals surface area (Å²) in [6, 6.07) is 13.9. The number of nitrogens with zero attached hydrogens (tertiary/aromatic N) is 3. The van der Waals surface area contributed by atoms with Crippen LogP contribution in [0.4, 0.5) is 0 Å². The summed E-state index contributed by atoms with van der Waals surface area (Å²) in [5.74, 6) is 1.00. The quantitative estimate of drug-likeness (QED) is 0.649. The summed E-state index contributed by atoms with van der Waals surface area (Å²) in [5, 5.41) is 18.9. The molecular formula is C26H33N3O4S. The molecule has 0 amide bonds. The Morgan fingerprint density at radius 3 is 2.47 bits per heavy atom. The van der Waals surface area contributed by atoms with Gasteiger partial charge >= 0.3 is 0 Å². The maximum atomic E-state index is 13.6. The first-order chi connectivity index (χ1) is 16.2. The van der Waals surface area contributed by atoms with E-state index in [0.717, 1.165) is 23.6 Å². The van der Waals surface area contributed by atoms with Crippen LogP contribution in [0.3, 0.4) is 0 Å². The lowest BCUT2D eigenvalue weighted by Gasteiger charge is -2.37. The first kappa shape index (κ1) is 24.7. The summed E-state index contributed by atoms with van der Waals surface area (Å²) in [7, 11) is -1.78. The highest BCUT2D eigenvalue weighted by Crippen LogP contribution is 2.37. The normalized spacial score (nSPS) is 23.3. The highest BCUT2D eigenvalue weighted by atomic mass is 32.2. The Morgan fingerprint density at radius 1 is 1.18 bits per heavy atom. The summed E-state index contributed by atoms with van der Waals surface area (Å²) in [6.45, 7) is 5.48. The van der Waals surface area contributed by atoms with Gasteiger partial charge in [0.1, 0.15) is 16.7 Å². The number of hydrogen-bond acceptors (Lipinski definition) is 6. The molecule has 1 aliphatic carbocycles. The van der Waals surface area contributed by atoms with Gasteiger partial charge in [-0.1, -0.05) is 25.1 Å². The molecular weight excluding hydrogens is 450 g/mol. The second-order valence-electron chi connectivity index (χ2n) is 9.76. The van der Waals surface area contributed by atoms with Gasteiger partial charge in [0.2, 0.25) is 10.0 Å². The lowest BCUT2D eigenvalue weighted by atomic mass is 10.0. The molecule has 1 heterocycles. The Bertz CT molecular complexity index is 1160. The number of hydrogen-bond donors (Lipinski definition) is 1. The molecule has 1 fully saturated rings. The molecule has 0 spiro atoms. The molecule has 4 rings (SSSR count). The lowest BCUT2D eigenvalue weighted by molar-refractivity contribution is 0.0741. The number of fused-ring (bicyclic) bond motifs is 1. The Labute approximate surface area is 202 Å². The molecule has 2 aromatic rings. The van der Waals surface area contributed by atoms with Crippen molar-refractivity contribution in [2.45, 2.75) is 43.7 Å². The van der Waals surface area contributed by atoms with E-state index in [4.69, 9.17) is 10.00 Å². The number of aliphatic hydroxyl groups excluding tert-OH is 1. The lowest BCUT2D eigenvalue weighted by Crippen LogP contribution is -2.49. The number of sulfonamides is 1. The van der Waals surface area contributed by atoms with E-state index >= 15 is 0 Å². The Kier molecular flexibility index (Phi) is 7.29. The van der Waals surface area contributed by atoms with Crippen LogP contribution in [-0.2, 0) is 10.0 Å². The number of rotatable bonds is 7. The zero-order valence-corrected chi connectivity index (χ0v) is 20.8. The van der Waals surface area contributed by atoms with E-state index in [-0.39, 0.29) is 30.1 Å². The van der Waals surface area contributed by atoms with E-state index < -0.39 is 16.1 Å². The zero-order chi connectivity index (χ0) is 24.5. The third kappa shape index (κ3) is 5.28. The first-order valence-corrected chi connectivity index (χ1v) is 13.3. The molecule has 0 radical (unpaired) electrons. The molecule has 0 bridgehead atoms. The van der Waals surface area contributed by atoms with E-state index in [1.807, 2.05) is 19.1 Å². The molecule has 1 aliphatic heterocycles. The van der Waals surface area contributed by atoms with Gasteiger partial charge in [0.15, 0.2) is 0 Å². The highest BCUT2D eigenvalue weighted by Gasteiger charge is 2.38. The topological polar surface area (TPSA) is 93.9 Å². The minimum Gasteiger partial charge on any atom is -0.487 e. The minimum absolute atomic E-state index is 0.0721. The highest BCUT2D eigenvalue weighted by molar-refractivity contribution is 7.89. The number of nitriles is 1. The van der Waals surface area contributed by atoms with Crippen LogP contribution in [-0.4, -0.2) is 68.2 Å². The number of ether oxygens (including phenoxy) is 1. The molecule has 3 atom stereocenters. The van der Waals surface area contributed by atoms with Crippen molar-refractivity contribution in [1.29, 1.82) is 5.26 Å². The van der Waals surface area contributed by atoms with Crippen LogP contribution >= 0.6 is 0 Å². The van der Waals surface area contributed by atoms with Gasteiger partial charge in [0, 0.05) is 31.6 Å². The summed E-state index contributed by atoms with van der Waals surface area (Å²) in [6.07, 6.45) is 2.33. The molecule has 0 saturated heterocycles. The molecule has 34 heavy (non-hydrogen) atoms. The maximum Gasteiger partial charge on any atom is 0.247 e. The van der Waals surface area contributed by atoms with Crippen molar-refractivity contribution in [3.8, 4) is 22.9 Å². The largest absolute Gasteiger partial charge is 0.487 e. The van der Waals surface area contributed by atoms with Crippen LogP contribution in [0.2, 0.25) is 0 Å². The van der Waals surface area contributed by atoms with Crippen molar-refractivity contribution >= 4 is 10.0 Å². The number of aliphatic hydroxyl groups is 1. The maximum absolute atomic E-state index is 13.6. The van der Waals surface area contributed by atoms with Gasteiger partial charge in [-0.3, -0.25) is 0 Å². The van der Waals surface area contributed by atoms with E-state index in [1.54, 1.807) is 37.3 Å². The molecule has 2 aromatic carbocycles. The zero-order valence-electron chi connectivity index (χ0n) is 20.0. The molecule has 0 unspecified atom stereocenters. The molecule has 7 nitrogen and oxygen atoms in total. The van der Waals surface area contributed by atoms with E-state index in [0.29, 0.717) is 17.9 Å². The number of likely N-dealkylation sites (N-methyl/N-ethyl adjacent to an activating group) is 1. The van der Waals surface area contributed by atoms with E-state index in [1.165, 1.54) is 17.1 Å². The van der Waals surface area contributed by atoms with Crippen molar-refractivity contribution in [3.63, 3.8) is 0 Å². The second-order valence-corrected chi connectivity index (χ2v) is 11.6. The van der Waals surface area contributed by atoms with Crippen molar-refractivity contribution in [3.05, 3.63) is 48.0 Å². The van der Waals surface area contributed by atoms with Crippen LogP contribution < -0.4 is 4.74 Å². The van der Waals surface area contributed by atoms with Gasteiger partial charge in [0.05, 0.1) is 18.2 Å². The SMILES string of the molecule is C[C@@H]1CN([C@@H](C)CO)S(=O)(=O)c2ccc(-c3ccc(C#N)cc3)cc2O[C@@H]1CN(C)CC1CC1. The van der Waals surface area contributed by atoms with Crippen molar-refractivity contribution in [2.24, 2.45) is 11.8 Å². The van der Waals surface area contributed by atoms with Gasteiger partial charge in [-0.25, -0.2) is 8.42 Å². The van der Waals surface area contributed by atoms with Gasteiger partial charge in [-0.15, -0.1) is 0 Å². The van der Waals surface area contributed by atoms with Crippen LogP contribution in [0.15, 0.2) is 47.4 Å². The monoisotopic (exact) mass is 483 g/mol. The summed E-state index contributed by atoms with van der Waals surface area (Å²) in [5.41, 5.74) is 2.26. The molecule has 8 heteroatoms. The average molecular weight is 484 g/mol. The van der Waals surface area contributed by atoms with Gasteiger partial charge in [-0.2, -0.15) is 9.57 Å². The van der Waals surface area contributed by atoms with Crippen LogP contribution in [0.25, 0.3) is 11.1 Å². The van der Waals surface area contributed by atoms with E-state index in [9.17, 15) is 13.5 Å². The van der Waals surface area contributed by atoms with Crippen LogP contribution in [0.1, 0.15) is 32.3 Å². The third-order valence-corrected chi connectivity index (χ3v) is 8.79. The standard InChI is InChI=1S/C26H33N3O4S/c1-18-14-29(19(2)17-30)34(31,32)26-11-10-23(22-8-6-20(13-27)7-9-22)12-24(26)33-25(18)16-28(3)15-21-4-5-21/h6-12,18-19,21,25,30H,4-5,14-17H2,1-3H3/t18-,19+,25-/m1/s1. The predicted octanol–water partition coefficient (Wildman–Crippen LogP) is 3.34. The smallest absolute Gasteiger partial charge is 0.247 e. The summed E-state index contributed by atoms with van der Waals surface area (Å²) < 4.78 is 35.1. The third-order valence-electron chi connectivity index (χ3n) is 6.77. The van der Waals surface area contributed by atoms with Crippen molar-refractivity contribution < 1.29 is 18.3 Å². The van der Waals surface area contributed by atoms with Crippen LogP contribution in [0.5, 0.6) is 5.75 Å². The Hall–Kier alpha value is -2.44. The van der Waals surface area contributed by atoms with Crippen LogP contribution in [0, 0.1) is 23.2 Å². The molecule has 182 valence electrons. The summed E-state index contributed by atoms with van der Waals surface area (Å²) >= 11 is 0. The fourth-order valence-corrected chi connectivity index (χ4v) is 6.31. The van der Waals surface area contributed by atoms with Gasteiger partial charge in [0.25, 0.3) is 0 Å². The minimum atomic E-state index is -3.87. The second kappa shape index (κ2) is 10.0. The molecule has 1 saturated carbocycles. The first-order valence-electron chi connectivity index (χ1n) is 11.9. The van der Waals surface area contributed by atoms with Crippen molar-refractivity contribution in [2.75, 3.05) is 33.3 Å². The van der Waals surface area contributed by atoms with Crippen molar-refractivity contribution in [1.82, 2.24) is 9.21 Å². The molecule has 1 N–H and O–H groups in total. The summed E-state index contributed by atoms with van der Waals surface area (Å²) in [4.78, 5) is 2.39. The fraction of sp³-hybridized carbons (Fsp3) is 0.500.